The number of amides is 1. The third kappa shape index (κ3) is 7.60. The zero-order valence-electron chi connectivity index (χ0n) is 13.5. The fourth-order valence-corrected chi connectivity index (χ4v) is 1.73. The molecule has 0 radical (unpaired) electrons. The lowest BCUT2D eigenvalue weighted by atomic mass is 10.2. The van der Waals surface area contributed by atoms with Gasteiger partial charge in [0, 0.05) is 19.6 Å². The van der Waals surface area contributed by atoms with Gasteiger partial charge in [-0.25, -0.2) is 4.98 Å². The molecule has 1 heterocycles. The largest absolute Gasteiger partial charge is 0.369 e. The molecule has 118 valence electrons. The minimum absolute atomic E-state index is 0.0420. The van der Waals surface area contributed by atoms with Crippen LogP contribution in [0.3, 0.4) is 0 Å². The average molecular weight is 293 g/mol. The van der Waals surface area contributed by atoms with Gasteiger partial charge in [0.25, 0.3) is 0 Å². The summed E-state index contributed by atoms with van der Waals surface area (Å²) < 4.78 is 0. The van der Waals surface area contributed by atoms with E-state index in [0.29, 0.717) is 25.6 Å². The number of anilines is 1. The number of hydrogen-bond acceptors (Lipinski definition) is 5. The van der Waals surface area contributed by atoms with Crippen molar-refractivity contribution in [3.63, 3.8) is 0 Å². The Labute approximate surface area is 127 Å². The topological polar surface area (TPSA) is 70.2 Å². The third-order valence-electron chi connectivity index (χ3n) is 2.81. The highest BCUT2D eigenvalue weighted by Gasteiger charge is 2.08. The summed E-state index contributed by atoms with van der Waals surface area (Å²) >= 11 is 0. The van der Waals surface area contributed by atoms with Gasteiger partial charge in [0.1, 0.15) is 5.82 Å². The van der Waals surface area contributed by atoms with Crippen LogP contribution in [0.4, 0.5) is 5.82 Å². The summed E-state index contributed by atoms with van der Waals surface area (Å²) in [5.74, 6) is 1.30. The van der Waals surface area contributed by atoms with Crippen LogP contribution in [0, 0.1) is 5.92 Å². The zero-order chi connectivity index (χ0) is 15.7. The van der Waals surface area contributed by atoms with E-state index in [4.69, 9.17) is 0 Å². The minimum Gasteiger partial charge on any atom is -0.369 e. The highest BCUT2D eigenvalue weighted by atomic mass is 16.2. The van der Waals surface area contributed by atoms with Crippen LogP contribution in [0.15, 0.2) is 12.4 Å². The standard InChI is InChI=1S/C15H27N5O/c1-5-6-16-14-9-17-13(8-18-14)10-20(4)11-15(21)19-7-12(2)3/h8-9,12H,5-7,10-11H2,1-4H3,(H,16,18)(H,19,21). The van der Waals surface area contributed by atoms with E-state index < -0.39 is 0 Å². The maximum absolute atomic E-state index is 11.7. The first-order chi connectivity index (χ1) is 10.0. The second kappa shape index (κ2) is 9.28. The first-order valence-corrected chi connectivity index (χ1v) is 7.51. The van der Waals surface area contributed by atoms with Crippen molar-refractivity contribution >= 4 is 11.7 Å². The van der Waals surface area contributed by atoms with Crippen LogP contribution in [0.1, 0.15) is 32.9 Å². The molecule has 0 unspecified atom stereocenters. The Morgan fingerprint density at radius 2 is 2.10 bits per heavy atom. The molecule has 0 bridgehead atoms. The molecular formula is C15H27N5O. The van der Waals surface area contributed by atoms with E-state index >= 15 is 0 Å². The smallest absolute Gasteiger partial charge is 0.234 e. The van der Waals surface area contributed by atoms with Crippen molar-refractivity contribution in [2.24, 2.45) is 5.92 Å². The number of rotatable bonds is 9. The normalized spacial score (nSPS) is 11.0. The van der Waals surface area contributed by atoms with E-state index in [9.17, 15) is 4.79 Å². The molecule has 1 aromatic rings. The molecule has 0 aliphatic carbocycles. The van der Waals surface area contributed by atoms with E-state index in [1.165, 1.54) is 0 Å². The SMILES string of the molecule is CCCNc1cnc(CN(C)CC(=O)NCC(C)C)cn1. The Balaban J connectivity index is 2.36. The van der Waals surface area contributed by atoms with E-state index in [1.807, 2.05) is 11.9 Å². The molecular weight excluding hydrogens is 266 g/mol. The Hall–Kier alpha value is -1.69. The number of aromatic nitrogens is 2. The molecule has 1 rings (SSSR count). The molecule has 21 heavy (non-hydrogen) atoms. The third-order valence-corrected chi connectivity index (χ3v) is 2.81. The maximum atomic E-state index is 11.7. The minimum atomic E-state index is 0.0420. The van der Waals surface area contributed by atoms with Crippen molar-refractivity contribution in [2.45, 2.75) is 33.7 Å². The average Bonchev–Trinajstić information content (AvgIpc) is 2.44. The summed E-state index contributed by atoms with van der Waals surface area (Å²) in [5.41, 5.74) is 0.858. The molecule has 0 aromatic carbocycles. The second-order valence-electron chi connectivity index (χ2n) is 5.69. The van der Waals surface area contributed by atoms with Crippen molar-refractivity contribution in [1.29, 1.82) is 0 Å². The van der Waals surface area contributed by atoms with Crippen molar-refractivity contribution in [3.8, 4) is 0 Å². The summed E-state index contributed by atoms with van der Waals surface area (Å²) in [6, 6.07) is 0. The van der Waals surface area contributed by atoms with Crippen molar-refractivity contribution < 1.29 is 4.79 Å². The molecule has 0 fully saturated rings. The molecule has 1 amide bonds. The fourth-order valence-electron chi connectivity index (χ4n) is 1.73. The highest BCUT2D eigenvalue weighted by molar-refractivity contribution is 5.77. The summed E-state index contributed by atoms with van der Waals surface area (Å²) in [6.07, 6.45) is 4.54. The van der Waals surface area contributed by atoms with E-state index in [0.717, 1.165) is 24.5 Å². The van der Waals surface area contributed by atoms with Crippen LogP contribution in [0.2, 0.25) is 0 Å². The molecule has 2 N–H and O–H groups in total. The number of likely N-dealkylation sites (N-methyl/N-ethyl adjacent to an activating group) is 1. The van der Waals surface area contributed by atoms with Gasteiger partial charge < -0.3 is 10.6 Å². The molecule has 6 nitrogen and oxygen atoms in total. The van der Waals surface area contributed by atoms with E-state index in [1.54, 1.807) is 12.4 Å². The molecule has 0 saturated heterocycles. The fraction of sp³-hybridized carbons (Fsp3) is 0.667. The van der Waals surface area contributed by atoms with Crippen molar-refractivity contribution in [3.05, 3.63) is 18.1 Å². The number of nitrogens with one attached hydrogen (secondary N) is 2. The molecule has 0 saturated carbocycles. The zero-order valence-corrected chi connectivity index (χ0v) is 13.5. The Morgan fingerprint density at radius 3 is 2.67 bits per heavy atom. The lowest BCUT2D eigenvalue weighted by Gasteiger charge is -2.16. The Morgan fingerprint density at radius 1 is 1.33 bits per heavy atom. The summed E-state index contributed by atoms with van der Waals surface area (Å²) in [6.45, 7) is 8.84. The van der Waals surface area contributed by atoms with Gasteiger partial charge in [0.15, 0.2) is 0 Å². The maximum Gasteiger partial charge on any atom is 0.234 e. The van der Waals surface area contributed by atoms with Crippen LogP contribution in [0.25, 0.3) is 0 Å². The highest BCUT2D eigenvalue weighted by Crippen LogP contribution is 2.03. The lowest BCUT2D eigenvalue weighted by molar-refractivity contribution is -0.122. The predicted octanol–water partition coefficient (Wildman–Crippen LogP) is 1.50. The van der Waals surface area contributed by atoms with Gasteiger partial charge in [-0.2, -0.15) is 0 Å². The first kappa shape index (κ1) is 17.4. The number of carbonyl (C=O) groups is 1. The Bertz CT molecular complexity index is 419. The monoisotopic (exact) mass is 293 g/mol. The molecule has 6 heteroatoms. The van der Waals surface area contributed by atoms with E-state index in [2.05, 4.69) is 41.4 Å². The van der Waals surface area contributed by atoms with E-state index in [-0.39, 0.29) is 5.91 Å². The van der Waals surface area contributed by atoms with Gasteiger partial charge in [-0.3, -0.25) is 14.7 Å². The predicted molar refractivity (Wildman–Crippen MR) is 85.0 cm³/mol. The molecule has 0 aliphatic heterocycles. The van der Waals surface area contributed by atoms with Crippen molar-refractivity contribution in [2.75, 3.05) is 32.0 Å². The van der Waals surface area contributed by atoms with Gasteiger partial charge >= 0.3 is 0 Å². The van der Waals surface area contributed by atoms with Gasteiger partial charge in [0.05, 0.1) is 24.6 Å². The van der Waals surface area contributed by atoms with Crippen LogP contribution in [0.5, 0.6) is 0 Å². The molecule has 0 atom stereocenters. The van der Waals surface area contributed by atoms with Crippen LogP contribution in [-0.2, 0) is 11.3 Å². The molecule has 0 spiro atoms. The van der Waals surface area contributed by atoms with Crippen molar-refractivity contribution in [1.82, 2.24) is 20.2 Å². The number of carbonyl (C=O) groups excluding carboxylic acids is 1. The van der Waals surface area contributed by atoms with Crippen LogP contribution < -0.4 is 10.6 Å². The second-order valence-corrected chi connectivity index (χ2v) is 5.69. The van der Waals surface area contributed by atoms with Crippen LogP contribution in [-0.4, -0.2) is 47.5 Å². The molecule has 1 aromatic heterocycles. The quantitative estimate of drug-likeness (QED) is 0.722. The van der Waals surface area contributed by atoms with Gasteiger partial charge in [-0.05, 0) is 19.4 Å². The number of hydrogen-bond donors (Lipinski definition) is 2. The molecule has 0 aliphatic rings. The number of nitrogens with zero attached hydrogens (tertiary/aromatic N) is 3. The van der Waals surface area contributed by atoms with Gasteiger partial charge in [0.2, 0.25) is 5.91 Å². The summed E-state index contributed by atoms with van der Waals surface area (Å²) in [5, 5.41) is 6.09. The summed E-state index contributed by atoms with van der Waals surface area (Å²) in [4.78, 5) is 22.3. The van der Waals surface area contributed by atoms with Crippen LogP contribution >= 0.6 is 0 Å². The van der Waals surface area contributed by atoms with Gasteiger partial charge in [-0.1, -0.05) is 20.8 Å². The lowest BCUT2D eigenvalue weighted by Crippen LogP contribution is -2.36. The Kier molecular flexibility index (Phi) is 7.68. The first-order valence-electron chi connectivity index (χ1n) is 7.51. The summed E-state index contributed by atoms with van der Waals surface area (Å²) in [7, 11) is 1.90. The van der Waals surface area contributed by atoms with Gasteiger partial charge in [-0.15, -0.1) is 0 Å².